The average Bonchev–Trinajstić information content (AvgIpc) is 2.40. The number of rotatable bonds is 0. The first kappa shape index (κ1) is 11.3. The molecule has 4 heterocycles. The van der Waals surface area contributed by atoms with E-state index in [9.17, 15) is 4.79 Å². The van der Waals surface area contributed by atoms with Crippen LogP contribution < -0.4 is 0 Å². The van der Waals surface area contributed by atoms with Crippen LogP contribution in [0.4, 0.5) is 0 Å². The van der Waals surface area contributed by atoms with Gasteiger partial charge in [0.15, 0.2) is 0 Å². The van der Waals surface area contributed by atoms with Crippen LogP contribution in [0.25, 0.3) is 0 Å². The third-order valence-electron chi connectivity index (χ3n) is 5.87. The molecule has 1 unspecified atom stereocenters. The second-order valence-electron chi connectivity index (χ2n) is 6.82. The van der Waals surface area contributed by atoms with Crippen LogP contribution in [-0.2, 0) is 4.79 Å². The maximum atomic E-state index is 12.1. The molecule has 1 amide bonds. The lowest BCUT2D eigenvalue weighted by molar-refractivity contribution is -0.148. The van der Waals surface area contributed by atoms with Crippen molar-refractivity contribution in [2.75, 3.05) is 19.6 Å². The van der Waals surface area contributed by atoms with Gasteiger partial charge in [-0.15, -0.1) is 0 Å². The van der Waals surface area contributed by atoms with Crippen molar-refractivity contribution >= 4 is 5.91 Å². The van der Waals surface area contributed by atoms with Crippen molar-refractivity contribution in [3.05, 3.63) is 0 Å². The number of carbonyl (C=O) groups excluding carboxylic acids is 1. The van der Waals surface area contributed by atoms with Crippen LogP contribution in [0.5, 0.6) is 0 Å². The van der Waals surface area contributed by atoms with Crippen LogP contribution in [0.3, 0.4) is 0 Å². The Kier molecular flexibility index (Phi) is 2.65. The van der Waals surface area contributed by atoms with E-state index in [1.54, 1.807) is 0 Å². The first-order chi connectivity index (χ1) is 8.83. The van der Waals surface area contributed by atoms with Gasteiger partial charge in [-0.05, 0) is 50.5 Å². The molecule has 4 atom stereocenters. The van der Waals surface area contributed by atoms with E-state index in [4.69, 9.17) is 0 Å². The van der Waals surface area contributed by atoms with Crippen LogP contribution in [-0.4, -0.2) is 47.4 Å². The first-order valence-electron chi connectivity index (χ1n) is 7.86. The largest absolute Gasteiger partial charge is 0.339 e. The number of amides is 1. The molecule has 0 spiro atoms. The van der Waals surface area contributed by atoms with Crippen molar-refractivity contribution in [2.45, 2.75) is 57.0 Å². The van der Waals surface area contributed by atoms with Crippen molar-refractivity contribution in [3.8, 4) is 0 Å². The maximum absolute atomic E-state index is 12.1. The Labute approximate surface area is 110 Å². The zero-order valence-electron chi connectivity index (χ0n) is 11.2. The fourth-order valence-corrected chi connectivity index (χ4v) is 5.10. The topological polar surface area (TPSA) is 23.6 Å². The Bertz CT molecular complexity index is 356. The van der Waals surface area contributed by atoms with Crippen molar-refractivity contribution in [2.24, 2.45) is 11.8 Å². The normalized spacial score (nSPS) is 44.4. The van der Waals surface area contributed by atoms with Crippen molar-refractivity contribution in [1.82, 2.24) is 9.80 Å². The number of carbonyl (C=O) groups is 1. The standard InChI is InChI=1S/C15H24N2O/c18-15-6-3-5-14-11-8-12(10-17(14)15)13-4-1-2-7-16(13)9-11/h11-14H,1-10H2/t11-,12+,13+,14?/m0/s1. The monoisotopic (exact) mass is 248 g/mol. The third-order valence-corrected chi connectivity index (χ3v) is 5.87. The summed E-state index contributed by atoms with van der Waals surface area (Å²) >= 11 is 0. The summed E-state index contributed by atoms with van der Waals surface area (Å²) in [5, 5.41) is 0. The molecule has 4 aliphatic heterocycles. The molecule has 4 fully saturated rings. The van der Waals surface area contributed by atoms with E-state index >= 15 is 0 Å². The summed E-state index contributed by atoms with van der Waals surface area (Å²) in [7, 11) is 0. The number of nitrogens with zero attached hydrogens (tertiary/aromatic N) is 2. The van der Waals surface area contributed by atoms with E-state index in [2.05, 4.69) is 9.80 Å². The van der Waals surface area contributed by atoms with E-state index in [1.165, 1.54) is 45.2 Å². The predicted octanol–water partition coefficient (Wildman–Crippen LogP) is 1.87. The highest BCUT2D eigenvalue weighted by atomic mass is 16.2. The van der Waals surface area contributed by atoms with Crippen molar-refractivity contribution < 1.29 is 4.79 Å². The predicted molar refractivity (Wildman–Crippen MR) is 70.2 cm³/mol. The molecular weight excluding hydrogens is 224 g/mol. The SMILES string of the molecule is O=C1CCCC2[C@H]3C[C@H](CN12)[C@H]1CCCCN1C3. The number of hydrogen-bond acceptors (Lipinski definition) is 2. The van der Waals surface area contributed by atoms with E-state index in [0.717, 1.165) is 37.3 Å². The summed E-state index contributed by atoms with van der Waals surface area (Å²) in [6.45, 7) is 3.66. The van der Waals surface area contributed by atoms with Gasteiger partial charge in [-0.1, -0.05) is 6.42 Å². The Morgan fingerprint density at radius 1 is 0.944 bits per heavy atom. The van der Waals surface area contributed by atoms with Gasteiger partial charge in [0.05, 0.1) is 0 Å². The molecule has 3 nitrogen and oxygen atoms in total. The summed E-state index contributed by atoms with van der Waals surface area (Å²) in [5.74, 6) is 2.01. The van der Waals surface area contributed by atoms with Crippen LogP contribution in [0.15, 0.2) is 0 Å². The van der Waals surface area contributed by atoms with Gasteiger partial charge in [0.2, 0.25) is 5.91 Å². The summed E-state index contributed by atoms with van der Waals surface area (Å²) < 4.78 is 0. The Hall–Kier alpha value is -0.570. The van der Waals surface area contributed by atoms with E-state index in [1.807, 2.05) is 0 Å². The molecule has 0 aromatic rings. The molecule has 3 heteroatoms. The van der Waals surface area contributed by atoms with Crippen molar-refractivity contribution in [1.29, 1.82) is 0 Å². The van der Waals surface area contributed by atoms with Crippen LogP contribution in [0.2, 0.25) is 0 Å². The van der Waals surface area contributed by atoms with Gasteiger partial charge in [0, 0.05) is 31.6 Å². The highest BCUT2D eigenvalue weighted by Crippen LogP contribution is 2.42. The van der Waals surface area contributed by atoms with E-state index < -0.39 is 0 Å². The van der Waals surface area contributed by atoms with Gasteiger partial charge in [-0.25, -0.2) is 0 Å². The minimum Gasteiger partial charge on any atom is -0.339 e. The molecule has 0 saturated carbocycles. The summed E-state index contributed by atoms with van der Waals surface area (Å²) in [6.07, 6.45) is 8.78. The van der Waals surface area contributed by atoms with E-state index in [0.29, 0.717) is 11.9 Å². The smallest absolute Gasteiger partial charge is 0.222 e. The van der Waals surface area contributed by atoms with Crippen LogP contribution >= 0.6 is 0 Å². The maximum Gasteiger partial charge on any atom is 0.222 e. The Balaban J connectivity index is 1.59. The summed E-state index contributed by atoms with van der Waals surface area (Å²) in [6, 6.07) is 1.39. The minimum atomic E-state index is 0.449. The molecule has 4 aliphatic rings. The van der Waals surface area contributed by atoms with Gasteiger partial charge in [-0.2, -0.15) is 0 Å². The van der Waals surface area contributed by atoms with E-state index in [-0.39, 0.29) is 0 Å². The molecule has 4 saturated heterocycles. The summed E-state index contributed by atoms with van der Waals surface area (Å²) in [5.41, 5.74) is 0. The molecule has 0 radical (unpaired) electrons. The Morgan fingerprint density at radius 2 is 1.78 bits per heavy atom. The highest BCUT2D eigenvalue weighted by Gasteiger charge is 2.47. The van der Waals surface area contributed by atoms with Crippen molar-refractivity contribution in [3.63, 3.8) is 0 Å². The second kappa shape index (κ2) is 4.22. The van der Waals surface area contributed by atoms with Crippen LogP contribution in [0.1, 0.15) is 44.9 Å². The fraction of sp³-hybridized carbons (Fsp3) is 0.933. The van der Waals surface area contributed by atoms with Gasteiger partial charge in [0.25, 0.3) is 0 Å². The molecule has 18 heavy (non-hydrogen) atoms. The molecular formula is C15H24N2O. The zero-order chi connectivity index (χ0) is 12.1. The fourth-order valence-electron chi connectivity index (χ4n) is 5.10. The van der Waals surface area contributed by atoms with Gasteiger partial charge < -0.3 is 4.90 Å². The molecule has 100 valence electrons. The first-order valence-corrected chi connectivity index (χ1v) is 7.86. The minimum absolute atomic E-state index is 0.449. The van der Waals surface area contributed by atoms with Crippen LogP contribution in [0, 0.1) is 11.8 Å². The number of hydrogen-bond donors (Lipinski definition) is 0. The molecule has 2 bridgehead atoms. The zero-order valence-corrected chi connectivity index (χ0v) is 11.2. The lowest BCUT2D eigenvalue weighted by atomic mass is 9.71. The molecule has 0 aliphatic carbocycles. The molecule has 0 N–H and O–H groups in total. The second-order valence-corrected chi connectivity index (χ2v) is 6.82. The molecule has 0 aromatic carbocycles. The number of piperidine rings is 4. The lowest BCUT2D eigenvalue weighted by Gasteiger charge is -2.56. The molecule has 0 aromatic heterocycles. The van der Waals surface area contributed by atoms with Gasteiger partial charge >= 0.3 is 0 Å². The molecule has 4 rings (SSSR count). The third kappa shape index (κ3) is 1.63. The highest BCUT2D eigenvalue weighted by molar-refractivity contribution is 5.77. The lowest BCUT2D eigenvalue weighted by Crippen LogP contribution is -2.64. The Morgan fingerprint density at radius 3 is 2.72 bits per heavy atom. The number of fused-ring (bicyclic) bond motifs is 6. The average molecular weight is 248 g/mol. The van der Waals surface area contributed by atoms with Gasteiger partial charge in [0.1, 0.15) is 0 Å². The quantitative estimate of drug-likeness (QED) is 0.653. The van der Waals surface area contributed by atoms with Gasteiger partial charge in [-0.3, -0.25) is 9.69 Å². The summed E-state index contributed by atoms with van der Waals surface area (Å²) in [4.78, 5) is 17.2.